The van der Waals surface area contributed by atoms with Crippen LogP contribution in [0.3, 0.4) is 0 Å². The second-order valence-corrected chi connectivity index (χ2v) is 4.79. The Morgan fingerprint density at radius 2 is 2.11 bits per heavy atom. The molecule has 0 fully saturated rings. The molecular weight excluding hydrogens is 272 g/mol. The zero-order valence-electron chi connectivity index (χ0n) is 10.5. The second kappa shape index (κ2) is 5.96. The molecule has 0 unspecified atom stereocenters. The second-order valence-electron chi connectivity index (χ2n) is 3.84. The normalized spacial score (nSPS) is 10.7. The molecule has 19 heavy (non-hydrogen) atoms. The summed E-state index contributed by atoms with van der Waals surface area (Å²) < 4.78 is 27.1. The van der Waals surface area contributed by atoms with Gasteiger partial charge in [0, 0.05) is 12.6 Å². The van der Waals surface area contributed by atoms with E-state index in [1.807, 2.05) is 6.92 Å². The Morgan fingerprint density at radius 3 is 2.74 bits per heavy atom. The molecule has 2 rings (SSSR count). The van der Waals surface area contributed by atoms with Gasteiger partial charge in [-0.1, -0.05) is 6.92 Å². The van der Waals surface area contributed by atoms with E-state index in [2.05, 4.69) is 25.5 Å². The first-order valence-electron chi connectivity index (χ1n) is 5.77. The van der Waals surface area contributed by atoms with Crippen molar-refractivity contribution in [2.75, 3.05) is 11.9 Å². The molecule has 2 N–H and O–H groups in total. The van der Waals surface area contributed by atoms with E-state index in [4.69, 9.17) is 0 Å². The number of nitrogens with zero attached hydrogens (tertiary/aromatic N) is 3. The summed E-state index contributed by atoms with van der Waals surface area (Å²) in [6.45, 7) is 4.25. The van der Waals surface area contributed by atoms with Crippen molar-refractivity contribution in [3.8, 4) is 0 Å². The Morgan fingerprint density at radius 1 is 1.32 bits per heavy atom. The molecule has 102 valence electrons. The molecule has 0 aliphatic heterocycles. The van der Waals surface area contributed by atoms with E-state index >= 15 is 0 Å². The largest absolute Gasteiger partial charge is 0.368 e. The van der Waals surface area contributed by atoms with E-state index in [0.29, 0.717) is 17.5 Å². The smallest absolute Gasteiger partial charge is 0.214 e. The first-order chi connectivity index (χ1) is 9.10. The number of H-pyrrole nitrogens is 1. The summed E-state index contributed by atoms with van der Waals surface area (Å²) >= 11 is 0.945. The number of hydrogen-bond donors (Lipinski definition) is 2. The highest BCUT2D eigenvalue weighted by Crippen LogP contribution is 2.27. The number of halogens is 2. The van der Waals surface area contributed by atoms with E-state index in [-0.39, 0.29) is 10.8 Å². The summed E-state index contributed by atoms with van der Waals surface area (Å²) in [7, 11) is 0. The molecule has 0 bridgehead atoms. The van der Waals surface area contributed by atoms with Crippen molar-refractivity contribution in [1.82, 2.24) is 20.2 Å². The van der Waals surface area contributed by atoms with Gasteiger partial charge in [-0.25, -0.2) is 18.7 Å². The van der Waals surface area contributed by atoms with Gasteiger partial charge >= 0.3 is 0 Å². The van der Waals surface area contributed by atoms with Gasteiger partial charge in [0.15, 0.2) is 17.5 Å². The highest BCUT2D eigenvalue weighted by Gasteiger charge is 2.14. The fourth-order valence-electron chi connectivity index (χ4n) is 1.34. The third-order valence-corrected chi connectivity index (χ3v) is 3.05. The molecule has 8 heteroatoms. The standard InChI is InChI=1S/C11H13F2N5S/c1-3-4-14-9-7(12)5-8(13)10(16-9)19-11-15-6(2)17-18-11/h5H,3-4H2,1-2H3,(H,14,16)(H,15,17,18). The number of hydrogen-bond acceptors (Lipinski definition) is 5. The lowest BCUT2D eigenvalue weighted by Crippen LogP contribution is -2.06. The molecule has 0 aliphatic carbocycles. The molecule has 0 aromatic carbocycles. The molecule has 0 saturated heterocycles. The van der Waals surface area contributed by atoms with Crippen molar-refractivity contribution in [2.24, 2.45) is 0 Å². The Balaban J connectivity index is 2.24. The van der Waals surface area contributed by atoms with E-state index in [1.54, 1.807) is 6.92 Å². The minimum Gasteiger partial charge on any atom is -0.368 e. The fourth-order valence-corrected chi connectivity index (χ4v) is 2.08. The third-order valence-electron chi connectivity index (χ3n) is 2.20. The average Bonchev–Trinajstić information content (AvgIpc) is 2.77. The molecule has 2 heterocycles. The molecule has 2 aromatic rings. The van der Waals surface area contributed by atoms with Gasteiger partial charge in [-0.2, -0.15) is 0 Å². The van der Waals surface area contributed by atoms with Crippen LogP contribution in [0.2, 0.25) is 0 Å². The average molecular weight is 285 g/mol. The van der Waals surface area contributed by atoms with Crippen LogP contribution in [0.4, 0.5) is 14.6 Å². The minimum atomic E-state index is -0.730. The number of rotatable bonds is 5. The van der Waals surface area contributed by atoms with Gasteiger partial charge in [0.25, 0.3) is 0 Å². The molecule has 0 atom stereocenters. The van der Waals surface area contributed by atoms with Crippen LogP contribution in [0.25, 0.3) is 0 Å². The van der Waals surface area contributed by atoms with E-state index in [0.717, 1.165) is 24.2 Å². The number of anilines is 1. The Bertz CT molecular complexity index is 572. The Kier molecular flexibility index (Phi) is 4.31. The van der Waals surface area contributed by atoms with E-state index in [9.17, 15) is 8.78 Å². The van der Waals surface area contributed by atoms with Gasteiger partial charge in [-0.15, -0.1) is 5.10 Å². The molecule has 0 spiro atoms. The number of aromatic amines is 1. The van der Waals surface area contributed by atoms with Gasteiger partial charge in [0.05, 0.1) is 0 Å². The van der Waals surface area contributed by atoms with Crippen LogP contribution >= 0.6 is 11.8 Å². The summed E-state index contributed by atoms with van der Waals surface area (Å²) in [5.74, 6) is -0.777. The maximum absolute atomic E-state index is 13.6. The quantitative estimate of drug-likeness (QED) is 0.884. The number of nitrogens with one attached hydrogen (secondary N) is 2. The van der Waals surface area contributed by atoms with Crippen LogP contribution in [-0.4, -0.2) is 26.7 Å². The molecule has 2 aromatic heterocycles. The van der Waals surface area contributed by atoms with Crippen LogP contribution in [-0.2, 0) is 0 Å². The summed E-state index contributed by atoms with van der Waals surface area (Å²) in [5.41, 5.74) is 0. The van der Waals surface area contributed by atoms with E-state index in [1.165, 1.54) is 0 Å². The summed E-state index contributed by atoms with van der Waals surface area (Å²) in [5, 5.41) is 9.71. The Hall–Kier alpha value is -1.70. The molecule has 0 aliphatic rings. The van der Waals surface area contributed by atoms with Crippen molar-refractivity contribution in [3.05, 3.63) is 23.5 Å². The monoisotopic (exact) mass is 285 g/mol. The molecule has 0 amide bonds. The van der Waals surface area contributed by atoms with Gasteiger partial charge in [0.1, 0.15) is 10.9 Å². The fraction of sp³-hybridized carbons (Fsp3) is 0.364. The zero-order valence-corrected chi connectivity index (χ0v) is 11.3. The first kappa shape index (κ1) is 13.7. The lowest BCUT2D eigenvalue weighted by Gasteiger charge is -2.07. The number of aromatic nitrogens is 4. The third kappa shape index (κ3) is 3.40. The van der Waals surface area contributed by atoms with Crippen molar-refractivity contribution >= 4 is 17.6 Å². The molecule has 0 saturated carbocycles. The van der Waals surface area contributed by atoms with Crippen LogP contribution in [0.5, 0.6) is 0 Å². The minimum absolute atomic E-state index is 0.0398. The summed E-state index contributed by atoms with van der Waals surface area (Å²) in [6.07, 6.45) is 0.821. The SMILES string of the molecule is CCCNc1nc(Sc2n[nH]c(C)n2)c(F)cc1F. The predicted octanol–water partition coefficient (Wildman–Crippen LogP) is 2.76. The zero-order chi connectivity index (χ0) is 13.8. The predicted molar refractivity (Wildman–Crippen MR) is 68.2 cm³/mol. The highest BCUT2D eigenvalue weighted by atomic mass is 32.2. The van der Waals surface area contributed by atoms with Crippen LogP contribution in [0.15, 0.2) is 16.2 Å². The van der Waals surface area contributed by atoms with Gasteiger partial charge < -0.3 is 5.32 Å². The lowest BCUT2D eigenvalue weighted by molar-refractivity contribution is 0.550. The highest BCUT2D eigenvalue weighted by molar-refractivity contribution is 7.99. The van der Waals surface area contributed by atoms with Gasteiger partial charge in [-0.3, -0.25) is 5.10 Å². The van der Waals surface area contributed by atoms with Crippen molar-refractivity contribution in [1.29, 1.82) is 0 Å². The van der Waals surface area contributed by atoms with E-state index < -0.39 is 11.6 Å². The maximum Gasteiger partial charge on any atom is 0.214 e. The number of pyridine rings is 1. The molecule has 0 radical (unpaired) electrons. The van der Waals surface area contributed by atoms with Crippen LogP contribution < -0.4 is 5.32 Å². The summed E-state index contributed by atoms with van der Waals surface area (Å²) in [6, 6.07) is 0.812. The topological polar surface area (TPSA) is 66.5 Å². The van der Waals surface area contributed by atoms with Gasteiger partial charge in [0.2, 0.25) is 5.16 Å². The van der Waals surface area contributed by atoms with Crippen molar-refractivity contribution < 1.29 is 8.78 Å². The van der Waals surface area contributed by atoms with Crippen molar-refractivity contribution in [2.45, 2.75) is 30.5 Å². The number of aryl methyl sites for hydroxylation is 1. The van der Waals surface area contributed by atoms with Crippen LogP contribution in [0.1, 0.15) is 19.2 Å². The van der Waals surface area contributed by atoms with Crippen LogP contribution in [0, 0.1) is 18.6 Å². The lowest BCUT2D eigenvalue weighted by atomic mass is 10.4. The summed E-state index contributed by atoms with van der Waals surface area (Å²) in [4.78, 5) is 7.96. The first-order valence-corrected chi connectivity index (χ1v) is 6.58. The Labute approximate surface area is 113 Å². The van der Waals surface area contributed by atoms with Gasteiger partial charge in [-0.05, 0) is 25.1 Å². The maximum atomic E-state index is 13.6. The van der Waals surface area contributed by atoms with Crippen molar-refractivity contribution in [3.63, 3.8) is 0 Å². The molecule has 5 nitrogen and oxygen atoms in total. The molecular formula is C11H13F2N5S.